The van der Waals surface area contributed by atoms with Crippen LogP contribution in [0.2, 0.25) is 0 Å². The molecule has 29 heavy (non-hydrogen) atoms. The average molecular weight is 396 g/mol. The Balaban J connectivity index is 1.51. The summed E-state index contributed by atoms with van der Waals surface area (Å²) in [5.41, 5.74) is 0.933. The standard InChI is InChI=1S/C23H29N3O3/c1-18(25-22(27)13-12-19-9-4-2-5-10-19)23(28)24-17-20(21-11-8-16-29-21)26-14-6-3-7-15-26/h2,4-5,8-13,16,18,20H,3,6-7,14-15,17H2,1H3,(H,24,28)(H,25,27)/b13-12+. The summed E-state index contributed by atoms with van der Waals surface area (Å²) in [6.07, 6.45) is 8.39. The molecule has 154 valence electrons. The van der Waals surface area contributed by atoms with E-state index in [4.69, 9.17) is 4.42 Å². The van der Waals surface area contributed by atoms with E-state index in [0.717, 1.165) is 37.3 Å². The predicted octanol–water partition coefficient (Wildman–Crippen LogP) is 3.14. The van der Waals surface area contributed by atoms with Gasteiger partial charge in [-0.25, -0.2) is 0 Å². The molecular weight excluding hydrogens is 366 g/mol. The van der Waals surface area contributed by atoms with Crippen molar-refractivity contribution in [1.82, 2.24) is 15.5 Å². The molecule has 1 aliphatic heterocycles. The third-order valence-electron chi connectivity index (χ3n) is 5.15. The van der Waals surface area contributed by atoms with Crippen molar-refractivity contribution in [2.45, 2.75) is 38.3 Å². The first-order valence-corrected chi connectivity index (χ1v) is 10.2. The van der Waals surface area contributed by atoms with E-state index in [0.29, 0.717) is 6.54 Å². The number of amides is 2. The van der Waals surface area contributed by atoms with E-state index < -0.39 is 6.04 Å². The molecular formula is C23H29N3O3. The number of hydrogen-bond acceptors (Lipinski definition) is 4. The minimum Gasteiger partial charge on any atom is -0.468 e. The van der Waals surface area contributed by atoms with E-state index in [1.807, 2.05) is 42.5 Å². The van der Waals surface area contributed by atoms with Crippen LogP contribution in [-0.2, 0) is 9.59 Å². The first-order chi connectivity index (χ1) is 14.1. The smallest absolute Gasteiger partial charge is 0.244 e. The Morgan fingerprint density at radius 2 is 1.86 bits per heavy atom. The fraction of sp³-hybridized carbons (Fsp3) is 0.391. The summed E-state index contributed by atoms with van der Waals surface area (Å²) < 4.78 is 5.61. The lowest BCUT2D eigenvalue weighted by Crippen LogP contribution is -2.47. The summed E-state index contributed by atoms with van der Waals surface area (Å²) >= 11 is 0. The molecule has 0 bridgehead atoms. The number of piperidine rings is 1. The lowest BCUT2D eigenvalue weighted by molar-refractivity contribution is -0.126. The molecule has 1 aliphatic rings. The van der Waals surface area contributed by atoms with Crippen LogP contribution in [0, 0.1) is 0 Å². The van der Waals surface area contributed by atoms with Crippen LogP contribution in [0.5, 0.6) is 0 Å². The van der Waals surface area contributed by atoms with E-state index in [1.165, 1.54) is 12.5 Å². The van der Waals surface area contributed by atoms with E-state index in [9.17, 15) is 9.59 Å². The number of likely N-dealkylation sites (tertiary alicyclic amines) is 1. The number of carbonyl (C=O) groups is 2. The molecule has 2 heterocycles. The number of nitrogens with zero attached hydrogens (tertiary/aromatic N) is 1. The average Bonchev–Trinajstić information content (AvgIpc) is 3.28. The molecule has 0 spiro atoms. The Labute approximate surface area is 172 Å². The molecule has 0 aliphatic carbocycles. The quantitative estimate of drug-likeness (QED) is 0.674. The zero-order valence-electron chi connectivity index (χ0n) is 16.8. The summed E-state index contributed by atoms with van der Waals surface area (Å²) in [6, 6.07) is 12.8. The highest BCUT2D eigenvalue weighted by molar-refractivity contribution is 5.95. The van der Waals surface area contributed by atoms with Gasteiger partial charge in [-0.3, -0.25) is 14.5 Å². The van der Waals surface area contributed by atoms with Crippen molar-refractivity contribution in [3.8, 4) is 0 Å². The molecule has 2 unspecified atom stereocenters. The van der Waals surface area contributed by atoms with Crippen molar-refractivity contribution in [3.63, 3.8) is 0 Å². The summed E-state index contributed by atoms with van der Waals surface area (Å²) in [7, 11) is 0. The first-order valence-electron chi connectivity index (χ1n) is 10.2. The lowest BCUT2D eigenvalue weighted by Gasteiger charge is -2.33. The lowest BCUT2D eigenvalue weighted by atomic mass is 10.1. The number of benzene rings is 1. The van der Waals surface area contributed by atoms with Gasteiger partial charge in [0.1, 0.15) is 11.8 Å². The zero-order chi connectivity index (χ0) is 20.5. The molecule has 6 heteroatoms. The van der Waals surface area contributed by atoms with Crippen molar-refractivity contribution in [3.05, 3.63) is 66.1 Å². The number of rotatable bonds is 8. The molecule has 1 aromatic heterocycles. The Hall–Kier alpha value is -2.86. The largest absolute Gasteiger partial charge is 0.468 e. The SMILES string of the molecule is CC(NC(=O)/C=C/c1ccccc1)C(=O)NCC(c1ccco1)N1CCCCC1. The van der Waals surface area contributed by atoms with Gasteiger partial charge in [-0.05, 0) is 56.6 Å². The van der Waals surface area contributed by atoms with Crippen molar-refractivity contribution in [2.75, 3.05) is 19.6 Å². The van der Waals surface area contributed by atoms with Crippen LogP contribution < -0.4 is 10.6 Å². The summed E-state index contributed by atoms with van der Waals surface area (Å²) in [5, 5.41) is 5.68. The van der Waals surface area contributed by atoms with Crippen LogP contribution in [0.3, 0.4) is 0 Å². The molecule has 3 rings (SSSR count). The molecule has 2 amide bonds. The number of carbonyl (C=O) groups excluding carboxylic acids is 2. The topological polar surface area (TPSA) is 74.6 Å². The van der Waals surface area contributed by atoms with Gasteiger partial charge >= 0.3 is 0 Å². The maximum atomic E-state index is 12.5. The van der Waals surface area contributed by atoms with Gasteiger partial charge in [0.2, 0.25) is 11.8 Å². The molecule has 0 saturated carbocycles. The normalized spacial score (nSPS) is 17.0. The second-order valence-corrected chi connectivity index (χ2v) is 7.35. The second kappa shape index (κ2) is 10.6. The second-order valence-electron chi connectivity index (χ2n) is 7.35. The van der Waals surface area contributed by atoms with E-state index in [2.05, 4.69) is 15.5 Å². The molecule has 2 atom stereocenters. The van der Waals surface area contributed by atoms with Gasteiger partial charge in [0.05, 0.1) is 12.3 Å². The van der Waals surface area contributed by atoms with Crippen LogP contribution in [0.4, 0.5) is 0 Å². The van der Waals surface area contributed by atoms with Crippen LogP contribution >= 0.6 is 0 Å². The highest BCUT2D eigenvalue weighted by Gasteiger charge is 2.25. The first kappa shape index (κ1) is 20.9. The van der Waals surface area contributed by atoms with Gasteiger partial charge in [0, 0.05) is 12.6 Å². The van der Waals surface area contributed by atoms with Crippen LogP contribution in [-0.4, -0.2) is 42.4 Å². The van der Waals surface area contributed by atoms with Gasteiger partial charge in [0.15, 0.2) is 0 Å². The van der Waals surface area contributed by atoms with Crippen molar-refractivity contribution in [1.29, 1.82) is 0 Å². The maximum absolute atomic E-state index is 12.5. The van der Waals surface area contributed by atoms with E-state index >= 15 is 0 Å². The molecule has 1 aromatic carbocycles. The van der Waals surface area contributed by atoms with Gasteiger partial charge in [-0.2, -0.15) is 0 Å². The fourth-order valence-corrected chi connectivity index (χ4v) is 3.53. The molecule has 1 fully saturated rings. The molecule has 0 radical (unpaired) electrons. The van der Waals surface area contributed by atoms with Gasteiger partial charge < -0.3 is 15.1 Å². The number of hydrogen-bond donors (Lipinski definition) is 2. The van der Waals surface area contributed by atoms with E-state index in [1.54, 1.807) is 19.3 Å². The number of nitrogens with one attached hydrogen (secondary N) is 2. The highest BCUT2D eigenvalue weighted by Crippen LogP contribution is 2.24. The van der Waals surface area contributed by atoms with Gasteiger partial charge in [-0.1, -0.05) is 36.8 Å². The molecule has 6 nitrogen and oxygen atoms in total. The minimum atomic E-state index is -0.624. The van der Waals surface area contributed by atoms with Gasteiger partial charge in [0.25, 0.3) is 0 Å². The zero-order valence-corrected chi connectivity index (χ0v) is 16.8. The molecule has 1 saturated heterocycles. The van der Waals surface area contributed by atoms with Crippen LogP contribution in [0.15, 0.2) is 59.2 Å². The molecule has 2 aromatic rings. The Kier molecular flexibility index (Phi) is 7.64. The summed E-state index contributed by atoms with van der Waals surface area (Å²) in [6.45, 7) is 4.13. The van der Waals surface area contributed by atoms with Crippen LogP contribution in [0.1, 0.15) is 43.6 Å². The van der Waals surface area contributed by atoms with Crippen molar-refractivity contribution >= 4 is 17.9 Å². The Morgan fingerprint density at radius 3 is 2.55 bits per heavy atom. The Bertz CT molecular complexity index is 796. The summed E-state index contributed by atoms with van der Waals surface area (Å²) in [5.74, 6) is 0.352. The predicted molar refractivity (Wildman–Crippen MR) is 113 cm³/mol. The van der Waals surface area contributed by atoms with Crippen LogP contribution in [0.25, 0.3) is 6.08 Å². The minimum absolute atomic E-state index is 0.00938. The van der Waals surface area contributed by atoms with Crippen molar-refractivity contribution < 1.29 is 14.0 Å². The highest BCUT2D eigenvalue weighted by atomic mass is 16.3. The van der Waals surface area contributed by atoms with Gasteiger partial charge in [-0.15, -0.1) is 0 Å². The van der Waals surface area contributed by atoms with Crippen molar-refractivity contribution in [2.24, 2.45) is 0 Å². The third-order valence-corrected chi connectivity index (χ3v) is 5.15. The maximum Gasteiger partial charge on any atom is 0.244 e. The monoisotopic (exact) mass is 395 g/mol. The van der Waals surface area contributed by atoms with E-state index in [-0.39, 0.29) is 17.9 Å². The number of furan rings is 1. The fourth-order valence-electron chi connectivity index (χ4n) is 3.53. The Morgan fingerprint density at radius 1 is 1.10 bits per heavy atom. The third kappa shape index (κ3) is 6.32. The molecule has 2 N–H and O–H groups in total. The summed E-state index contributed by atoms with van der Waals surface area (Å²) in [4.78, 5) is 27.0.